The molecule has 4 aromatic rings. The number of ether oxygens (including phenoxy) is 11. The lowest BCUT2D eigenvalue weighted by atomic mass is 10.1. The van der Waals surface area contributed by atoms with Crippen LogP contribution in [0.1, 0.15) is 11.1 Å². The van der Waals surface area contributed by atoms with Gasteiger partial charge in [-0.3, -0.25) is 0 Å². The van der Waals surface area contributed by atoms with E-state index in [9.17, 15) is 9.59 Å². The molecule has 0 fully saturated rings. The Bertz CT molecular complexity index is 2580. The second-order valence-electron chi connectivity index (χ2n) is 13.9. The molecule has 4 rings (SSSR count). The molecule has 0 aliphatic carbocycles. The van der Waals surface area contributed by atoms with E-state index < -0.39 is 11.9 Å². The van der Waals surface area contributed by atoms with Crippen molar-refractivity contribution in [2.45, 2.75) is 0 Å². The van der Waals surface area contributed by atoms with E-state index >= 15 is 0 Å². The van der Waals surface area contributed by atoms with Gasteiger partial charge in [0.2, 0.25) is 11.5 Å². The summed E-state index contributed by atoms with van der Waals surface area (Å²) in [7, 11) is 0. The lowest BCUT2D eigenvalue weighted by Gasteiger charge is -2.18. The van der Waals surface area contributed by atoms with Gasteiger partial charge in [0.05, 0.1) is 29.9 Å². The standard InChI is InChI=1S/C55H58O19/c1-7-25-67-70-37-34-62-49-22-16-42(52(63-32-29-59-11-5)55(49)66-36-39-72-69-27-9-3)17-23-50(56)73-46-19-13-45-41-47(20-14-44(45)40-46)74-51(57)24-18-43-15-21-48(61-31-28-58-10-4)54(65-33-30-60-12-6)53(43)64-35-38-71-68-26-8-2/h7-16,19-22,40-41H,1-6,25-39H2. The Morgan fingerprint density at radius 3 is 1.12 bits per heavy atom. The SMILES string of the molecule is C=CCOOCCOc1ccc(C#CC(=O)Oc2ccc3cc(OC(=O)C#Cc4ccc(OCCOC=C)c(OCCOC=C)c4OCCOOCC=C)ccc3c2)c(OCCOC=C)c1OCCOOCC=C. The van der Waals surface area contributed by atoms with Crippen LogP contribution < -0.4 is 37.9 Å². The molecule has 0 bridgehead atoms. The average molecular weight is 1020 g/mol. The zero-order valence-corrected chi connectivity index (χ0v) is 40.8. The first-order chi connectivity index (χ1) is 36.3. The van der Waals surface area contributed by atoms with E-state index in [1.54, 1.807) is 60.7 Å². The zero-order valence-electron chi connectivity index (χ0n) is 40.8. The van der Waals surface area contributed by atoms with Crippen LogP contribution in [0.4, 0.5) is 0 Å². The smallest absolute Gasteiger partial charge is 0.390 e. The van der Waals surface area contributed by atoms with Gasteiger partial charge < -0.3 is 52.1 Å². The lowest BCUT2D eigenvalue weighted by molar-refractivity contribution is -0.289. The molecular weight excluding hydrogens is 965 g/mol. The minimum absolute atomic E-state index is 0.00639. The van der Waals surface area contributed by atoms with Gasteiger partial charge in [-0.25, -0.2) is 38.9 Å². The highest BCUT2D eigenvalue weighted by Gasteiger charge is 2.20. The Labute approximate surface area is 429 Å². The van der Waals surface area contributed by atoms with Gasteiger partial charge in [0.25, 0.3) is 0 Å². The molecule has 0 atom stereocenters. The van der Waals surface area contributed by atoms with Crippen LogP contribution in [0, 0.1) is 23.7 Å². The molecule has 0 radical (unpaired) electrons. The van der Waals surface area contributed by atoms with Crippen molar-refractivity contribution in [1.29, 1.82) is 0 Å². The number of carbonyl (C=O) groups is 2. The highest BCUT2D eigenvalue weighted by Crippen LogP contribution is 2.41. The summed E-state index contributed by atoms with van der Waals surface area (Å²) in [4.78, 5) is 56.6. The maximum absolute atomic E-state index is 13.1. The fourth-order valence-corrected chi connectivity index (χ4v) is 5.74. The van der Waals surface area contributed by atoms with Crippen molar-refractivity contribution in [3.63, 3.8) is 0 Å². The third-order valence-electron chi connectivity index (χ3n) is 8.72. The number of esters is 2. The molecule has 0 amide bonds. The van der Waals surface area contributed by atoms with Crippen molar-refractivity contribution < 1.29 is 91.0 Å². The summed E-state index contributed by atoms with van der Waals surface area (Å²) in [6.45, 7) is 23.0. The molecule has 0 saturated heterocycles. The predicted molar refractivity (Wildman–Crippen MR) is 270 cm³/mol. The normalized spacial score (nSPS) is 10.2. The number of hydrogen-bond donors (Lipinski definition) is 0. The largest absolute Gasteiger partial charge is 0.498 e. The third-order valence-corrected chi connectivity index (χ3v) is 8.72. The maximum Gasteiger partial charge on any atom is 0.390 e. The number of fused-ring (bicyclic) bond motifs is 1. The van der Waals surface area contributed by atoms with Crippen LogP contribution in [0.2, 0.25) is 0 Å². The van der Waals surface area contributed by atoms with Crippen LogP contribution >= 0.6 is 0 Å². The second-order valence-corrected chi connectivity index (χ2v) is 13.9. The topological polar surface area (TPSA) is 191 Å². The molecule has 0 unspecified atom stereocenters. The fraction of sp³-hybridized carbons (Fsp3) is 0.273. The quantitative estimate of drug-likeness (QED) is 0.00614. The number of carbonyl (C=O) groups excluding carboxylic acids is 2. The van der Waals surface area contributed by atoms with E-state index in [2.05, 4.69) is 63.2 Å². The molecule has 0 saturated carbocycles. The van der Waals surface area contributed by atoms with Crippen LogP contribution in [0.25, 0.3) is 10.8 Å². The van der Waals surface area contributed by atoms with Gasteiger partial charge in [0.1, 0.15) is 111 Å². The van der Waals surface area contributed by atoms with Gasteiger partial charge in [-0.1, -0.05) is 61.9 Å². The molecule has 4 aromatic carbocycles. The van der Waals surface area contributed by atoms with Gasteiger partial charge in [0.15, 0.2) is 23.0 Å². The summed E-state index contributed by atoms with van der Waals surface area (Å²) in [5.74, 6) is 10.5. The van der Waals surface area contributed by atoms with Crippen molar-refractivity contribution >= 4 is 22.7 Å². The Kier molecular flexibility index (Phi) is 28.0. The van der Waals surface area contributed by atoms with Gasteiger partial charge in [-0.15, -0.1) is 19.7 Å². The summed E-state index contributed by atoms with van der Waals surface area (Å²) in [6, 6.07) is 16.2. The molecule has 0 aliphatic rings. The third kappa shape index (κ3) is 21.5. The molecule has 392 valence electrons. The summed E-state index contributed by atoms with van der Waals surface area (Å²) >= 11 is 0. The van der Waals surface area contributed by atoms with Crippen molar-refractivity contribution in [3.05, 3.63) is 148 Å². The molecule has 0 heterocycles. The number of benzene rings is 4. The lowest BCUT2D eigenvalue weighted by Crippen LogP contribution is -2.13. The molecule has 19 nitrogen and oxygen atoms in total. The summed E-state index contributed by atoms with van der Waals surface area (Å²) in [6.07, 6.45) is 8.47. The molecule has 19 heteroatoms. The first-order valence-corrected chi connectivity index (χ1v) is 22.7. The molecule has 0 spiro atoms. The molecule has 0 aliphatic heterocycles. The van der Waals surface area contributed by atoms with Gasteiger partial charge in [-0.05, 0) is 59.3 Å². The van der Waals surface area contributed by atoms with Crippen LogP contribution in [-0.4, -0.2) is 111 Å². The van der Waals surface area contributed by atoms with Crippen LogP contribution in [0.15, 0.2) is 137 Å². The van der Waals surface area contributed by atoms with Gasteiger partial charge in [-0.2, -0.15) is 0 Å². The van der Waals surface area contributed by atoms with Crippen molar-refractivity contribution in [1.82, 2.24) is 0 Å². The Morgan fingerprint density at radius 1 is 0.392 bits per heavy atom. The van der Waals surface area contributed by atoms with E-state index in [1.807, 2.05) is 0 Å². The fourth-order valence-electron chi connectivity index (χ4n) is 5.74. The monoisotopic (exact) mass is 1020 g/mol. The molecular formula is C55H58O19. The number of rotatable bonds is 38. The summed E-state index contributed by atoms with van der Waals surface area (Å²) in [5.41, 5.74) is 0.546. The minimum atomic E-state index is -0.873. The second kappa shape index (κ2) is 35.7. The van der Waals surface area contributed by atoms with Crippen LogP contribution in [-0.2, 0) is 53.1 Å². The number of hydrogen-bond acceptors (Lipinski definition) is 19. The van der Waals surface area contributed by atoms with Crippen LogP contribution in [0.5, 0.6) is 46.0 Å². The first kappa shape index (κ1) is 58.2. The van der Waals surface area contributed by atoms with E-state index in [0.717, 1.165) is 0 Å². The molecule has 0 aromatic heterocycles. The van der Waals surface area contributed by atoms with E-state index in [4.69, 9.17) is 81.4 Å². The summed E-state index contributed by atoms with van der Waals surface area (Å²) in [5, 5.41) is 1.32. The Morgan fingerprint density at radius 2 is 0.743 bits per heavy atom. The average Bonchev–Trinajstić information content (AvgIpc) is 3.40. The van der Waals surface area contributed by atoms with E-state index in [0.29, 0.717) is 16.5 Å². The van der Waals surface area contributed by atoms with E-state index in [-0.39, 0.29) is 150 Å². The van der Waals surface area contributed by atoms with Gasteiger partial charge in [0, 0.05) is 11.8 Å². The van der Waals surface area contributed by atoms with Crippen molar-refractivity contribution in [2.75, 3.05) is 99.1 Å². The van der Waals surface area contributed by atoms with Crippen LogP contribution in [0.3, 0.4) is 0 Å². The van der Waals surface area contributed by atoms with E-state index in [1.165, 1.54) is 37.0 Å². The maximum atomic E-state index is 13.1. The molecule has 0 N–H and O–H groups in total. The highest BCUT2D eigenvalue weighted by atomic mass is 17.2. The van der Waals surface area contributed by atoms with Crippen molar-refractivity contribution in [3.8, 4) is 69.7 Å². The Hall–Kier alpha value is -8.40. The summed E-state index contributed by atoms with van der Waals surface area (Å²) < 4.78 is 62.8. The predicted octanol–water partition coefficient (Wildman–Crippen LogP) is 7.91. The highest BCUT2D eigenvalue weighted by molar-refractivity contribution is 5.94. The first-order valence-electron chi connectivity index (χ1n) is 22.7. The Balaban J connectivity index is 1.51. The zero-order chi connectivity index (χ0) is 52.9. The van der Waals surface area contributed by atoms with Gasteiger partial charge >= 0.3 is 11.9 Å². The molecule has 74 heavy (non-hydrogen) atoms. The minimum Gasteiger partial charge on any atom is -0.498 e. The van der Waals surface area contributed by atoms with Crippen molar-refractivity contribution in [2.24, 2.45) is 0 Å².